The van der Waals surface area contributed by atoms with Gasteiger partial charge in [0.1, 0.15) is 0 Å². The fourth-order valence-corrected chi connectivity index (χ4v) is 1.64. The van der Waals surface area contributed by atoms with E-state index in [4.69, 9.17) is 0 Å². The normalized spacial score (nSPS) is 17.5. The van der Waals surface area contributed by atoms with Crippen molar-refractivity contribution in [2.75, 3.05) is 0 Å². The minimum Gasteiger partial charge on any atom is -0.266 e. The first-order valence-electron chi connectivity index (χ1n) is 4.19. The Hall–Kier alpha value is -1.77. The molecule has 0 amide bonds. The summed E-state index contributed by atoms with van der Waals surface area (Å²) in [5.41, 5.74) is 2.24. The smallest absolute Gasteiger partial charge is 0.0862 e. The van der Waals surface area contributed by atoms with Crippen molar-refractivity contribution in [3.8, 4) is 0 Å². The second kappa shape index (κ2) is 2.36. The molecule has 3 heteroatoms. The number of aromatic nitrogens is 1. The number of hydrogen-bond acceptors (Lipinski definition) is 3. The van der Waals surface area contributed by atoms with E-state index in [2.05, 4.69) is 15.0 Å². The van der Waals surface area contributed by atoms with Crippen molar-refractivity contribution in [3.05, 3.63) is 40.9 Å². The van der Waals surface area contributed by atoms with E-state index < -0.39 is 0 Å². The van der Waals surface area contributed by atoms with E-state index in [-0.39, 0.29) is 0 Å². The number of hydrogen-bond donors (Lipinski definition) is 0. The molecule has 62 valence electrons. The highest BCUT2D eigenvalue weighted by molar-refractivity contribution is 5.82. The Morgan fingerprint density at radius 1 is 1.31 bits per heavy atom. The molecule has 2 aliphatic rings. The van der Waals surface area contributed by atoms with Crippen LogP contribution in [-0.2, 0) is 0 Å². The maximum atomic E-state index is 4.44. The molecule has 0 spiro atoms. The molecule has 2 aliphatic heterocycles. The van der Waals surface area contributed by atoms with Crippen molar-refractivity contribution < 1.29 is 0 Å². The minimum absolute atomic E-state index is 0.869. The molecule has 1 aromatic heterocycles. The zero-order valence-electron chi connectivity index (χ0n) is 6.94. The van der Waals surface area contributed by atoms with Gasteiger partial charge in [-0.1, -0.05) is 0 Å². The van der Waals surface area contributed by atoms with Gasteiger partial charge in [0.05, 0.1) is 17.3 Å². The second-order valence-electron chi connectivity index (χ2n) is 3.03. The molecule has 3 rings (SSSR count). The zero-order chi connectivity index (χ0) is 8.67. The monoisotopic (exact) mass is 169 g/mol. The molecule has 13 heavy (non-hydrogen) atoms. The van der Waals surface area contributed by atoms with Crippen LogP contribution in [0, 0.1) is 0 Å². The largest absolute Gasteiger partial charge is 0.266 e. The highest BCUT2D eigenvalue weighted by Gasteiger charge is 2.13. The van der Waals surface area contributed by atoms with Crippen LogP contribution in [0.2, 0.25) is 0 Å². The molecule has 0 saturated heterocycles. The molecular weight excluding hydrogens is 162 g/mol. The lowest BCUT2D eigenvalue weighted by atomic mass is 10.1. The summed E-state index contributed by atoms with van der Waals surface area (Å²) < 4.78 is 0. The lowest BCUT2D eigenvalue weighted by Gasteiger charge is -2.02. The van der Waals surface area contributed by atoms with Crippen molar-refractivity contribution in [1.82, 2.24) is 4.98 Å². The van der Waals surface area contributed by atoms with Crippen LogP contribution in [0.25, 0.3) is 5.57 Å². The van der Waals surface area contributed by atoms with Crippen LogP contribution in [-0.4, -0.2) is 11.2 Å². The van der Waals surface area contributed by atoms with Crippen LogP contribution in [0.3, 0.4) is 0 Å². The van der Waals surface area contributed by atoms with Crippen molar-refractivity contribution in [1.29, 1.82) is 0 Å². The highest BCUT2D eigenvalue weighted by atomic mass is 14.8. The van der Waals surface area contributed by atoms with Crippen LogP contribution in [0.15, 0.2) is 40.3 Å². The molecule has 0 N–H and O–H groups in total. The first kappa shape index (κ1) is 6.71. The van der Waals surface area contributed by atoms with Crippen LogP contribution in [0.5, 0.6) is 0 Å². The maximum absolute atomic E-state index is 4.44. The number of rotatable bonds is 0. The van der Waals surface area contributed by atoms with Gasteiger partial charge in [-0.3, -0.25) is 9.98 Å². The molecule has 3 heterocycles. The first-order chi connectivity index (χ1) is 6.45. The summed E-state index contributed by atoms with van der Waals surface area (Å²) in [5, 5.41) is 2.17. The SMILES string of the molecule is C1=NC=C2N=c3ccncc3=C2C1. The lowest BCUT2D eigenvalue weighted by Crippen LogP contribution is -2.23. The summed E-state index contributed by atoms with van der Waals surface area (Å²) in [5.74, 6) is 0. The topological polar surface area (TPSA) is 37.6 Å². The quantitative estimate of drug-likeness (QED) is 0.546. The Bertz CT molecular complexity index is 538. The van der Waals surface area contributed by atoms with Crippen molar-refractivity contribution in [2.24, 2.45) is 9.98 Å². The third-order valence-electron chi connectivity index (χ3n) is 2.27. The van der Waals surface area contributed by atoms with E-state index in [1.165, 1.54) is 5.57 Å². The second-order valence-corrected chi connectivity index (χ2v) is 3.03. The molecule has 0 atom stereocenters. The van der Waals surface area contributed by atoms with E-state index in [1.54, 1.807) is 12.4 Å². The third-order valence-corrected chi connectivity index (χ3v) is 2.27. The van der Waals surface area contributed by atoms with E-state index in [1.807, 2.05) is 18.5 Å². The van der Waals surface area contributed by atoms with Gasteiger partial charge in [-0.05, 0) is 11.6 Å². The van der Waals surface area contributed by atoms with Gasteiger partial charge in [0.25, 0.3) is 0 Å². The summed E-state index contributed by atoms with van der Waals surface area (Å²) in [6.07, 6.45) is 8.21. The van der Waals surface area contributed by atoms with Gasteiger partial charge < -0.3 is 0 Å². The molecule has 0 radical (unpaired) electrons. The number of aliphatic imine (C=N–C) groups is 1. The zero-order valence-corrected chi connectivity index (χ0v) is 6.94. The average Bonchev–Trinajstić information content (AvgIpc) is 2.56. The fourth-order valence-electron chi connectivity index (χ4n) is 1.64. The first-order valence-corrected chi connectivity index (χ1v) is 4.19. The van der Waals surface area contributed by atoms with E-state index >= 15 is 0 Å². The lowest BCUT2D eigenvalue weighted by molar-refractivity contribution is 1.22. The number of nitrogens with zero attached hydrogens (tertiary/aromatic N) is 3. The molecule has 0 bridgehead atoms. The highest BCUT2D eigenvalue weighted by Crippen LogP contribution is 2.19. The van der Waals surface area contributed by atoms with Crippen LogP contribution in [0.4, 0.5) is 0 Å². The summed E-state index contributed by atoms with van der Waals surface area (Å²) >= 11 is 0. The van der Waals surface area contributed by atoms with Crippen molar-refractivity contribution >= 4 is 11.8 Å². The van der Waals surface area contributed by atoms with Gasteiger partial charge in [0.15, 0.2) is 0 Å². The summed E-state index contributed by atoms with van der Waals surface area (Å²) in [7, 11) is 0. The van der Waals surface area contributed by atoms with Gasteiger partial charge >= 0.3 is 0 Å². The van der Waals surface area contributed by atoms with E-state index in [9.17, 15) is 0 Å². The Labute approximate surface area is 74.9 Å². The number of fused-ring (bicyclic) bond motifs is 2. The minimum atomic E-state index is 0.869. The predicted molar refractivity (Wildman–Crippen MR) is 49.6 cm³/mol. The standard InChI is InChI=1S/C10H7N3/c1-3-12-6-10-7(1)8-5-11-4-2-9(8)13-10/h2-6H,1H2. The molecule has 1 aromatic rings. The van der Waals surface area contributed by atoms with Crippen LogP contribution in [0.1, 0.15) is 6.42 Å². The van der Waals surface area contributed by atoms with Gasteiger partial charge in [0, 0.05) is 30.2 Å². The Balaban J connectivity index is 2.46. The maximum Gasteiger partial charge on any atom is 0.0862 e. The molecule has 0 fully saturated rings. The summed E-state index contributed by atoms with van der Waals surface area (Å²) in [6.45, 7) is 0. The van der Waals surface area contributed by atoms with Gasteiger partial charge in [0.2, 0.25) is 0 Å². The Kier molecular flexibility index (Phi) is 1.22. The Morgan fingerprint density at radius 2 is 2.31 bits per heavy atom. The molecule has 0 aromatic carbocycles. The molecule has 0 saturated carbocycles. The third kappa shape index (κ3) is 0.869. The predicted octanol–water partition coefficient (Wildman–Crippen LogP) is 0.181. The number of allylic oxidation sites excluding steroid dienone is 1. The van der Waals surface area contributed by atoms with Crippen LogP contribution >= 0.6 is 0 Å². The van der Waals surface area contributed by atoms with Crippen molar-refractivity contribution in [3.63, 3.8) is 0 Å². The van der Waals surface area contributed by atoms with Crippen LogP contribution < -0.4 is 10.6 Å². The molecule has 3 nitrogen and oxygen atoms in total. The van der Waals surface area contributed by atoms with Crippen molar-refractivity contribution in [2.45, 2.75) is 6.42 Å². The summed E-state index contributed by atoms with van der Waals surface area (Å²) in [6, 6.07) is 1.93. The average molecular weight is 169 g/mol. The van der Waals surface area contributed by atoms with Gasteiger partial charge in [-0.2, -0.15) is 0 Å². The fraction of sp³-hybridized carbons (Fsp3) is 0.100. The Morgan fingerprint density at radius 3 is 3.31 bits per heavy atom. The molecular formula is C10H7N3. The van der Waals surface area contributed by atoms with E-state index in [0.29, 0.717) is 0 Å². The number of pyridine rings is 1. The molecule has 0 aliphatic carbocycles. The summed E-state index contributed by atoms with van der Waals surface area (Å²) in [4.78, 5) is 12.6. The van der Waals surface area contributed by atoms with Gasteiger partial charge in [-0.15, -0.1) is 0 Å². The van der Waals surface area contributed by atoms with E-state index in [0.717, 1.165) is 22.7 Å². The van der Waals surface area contributed by atoms with Gasteiger partial charge in [-0.25, -0.2) is 4.99 Å². The molecule has 0 unspecified atom stereocenters.